The van der Waals surface area contributed by atoms with Crippen molar-refractivity contribution in [2.75, 3.05) is 11.4 Å². The Morgan fingerprint density at radius 3 is 2.22 bits per heavy atom. The summed E-state index contributed by atoms with van der Waals surface area (Å²) in [6, 6.07) is 17.3. The van der Waals surface area contributed by atoms with Gasteiger partial charge in [-0.05, 0) is 124 Å². The molecule has 0 bridgehead atoms. The Morgan fingerprint density at radius 1 is 0.920 bits per heavy atom. The van der Waals surface area contributed by atoms with Crippen molar-refractivity contribution < 1.29 is 19.5 Å². The van der Waals surface area contributed by atoms with Gasteiger partial charge < -0.3 is 21.9 Å². The summed E-state index contributed by atoms with van der Waals surface area (Å²) in [5.74, 6) is -0.422. The summed E-state index contributed by atoms with van der Waals surface area (Å²) in [6.07, 6.45) is 5.89. The highest BCUT2D eigenvalue weighted by atomic mass is 16.3. The fraction of sp³-hybridized carbons (Fsp3) is 0.432. The van der Waals surface area contributed by atoms with Gasteiger partial charge in [-0.2, -0.15) is 5.21 Å². The number of rotatable bonds is 10. The second-order valence-corrected chi connectivity index (χ2v) is 13.6. The molecule has 0 radical (unpaired) electrons. The molecule has 0 saturated heterocycles. The van der Waals surface area contributed by atoms with Crippen LogP contribution in [0.3, 0.4) is 0 Å². The normalized spacial score (nSPS) is 21.3. The maximum Gasteiger partial charge on any atom is 0.270 e. The Morgan fingerprint density at radius 2 is 1.60 bits per heavy atom. The minimum Gasteiger partial charge on any atom is -0.393 e. The van der Waals surface area contributed by atoms with E-state index in [9.17, 15) is 19.5 Å². The first-order valence-corrected chi connectivity index (χ1v) is 17.4. The molecule has 2 aliphatic carbocycles. The van der Waals surface area contributed by atoms with Crippen molar-refractivity contribution in [2.24, 2.45) is 23.3 Å². The molecular formula is C37H45N9O4. The number of pyridine rings is 1. The third-order valence-corrected chi connectivity index (χ3v) is 10.1. The number of hydrogen-bond acceptors (Lipinski definition) is 10. The summed E-state index contributed by atoms with van der Waals surface area (Å²) in [5.41, 5.74) is 17.3. The largest absolute Gasteiger partial charge is 0.393 e. The molecule has 0 aliphatic heterocycles. The molecule has 3 amide bonds. The molecule has 0 unspecified atom stereocenters. The molecule has 0 spiro atoms. The number of hydrogen-bond donors (Lipinski definition) is 5. The van der Waals surface area contributed by atoms with E-state index in [0.29, 0.717) is 60.9 Å². The lowest BCUT2D eigenvalue weighted by atomic mass is 9.81. The van der Waals surface area contributed by atoms with Crippen molar-refractivity contribution in [1.29, 1.82) is 0 Å². The number of aliphatic hydroxyl groups excluding tert-OH is 1. The Bertz CT molecular complexity index is 1760. The summed E-state index contributed by atoms with van der Waals surface area (Å²) < 4.78 is 0. The van der Waals surface area contributed by atoms with Crippen LogP contribution in [0.5, 0.6) is 0 Å². The van der Waals surface area contributed by atoms with Crippen LogP contribution in [-0.2, 0) is 16.0 Å². The molecule has 2 fully saturated rings. The molecule has 50 heavy (non-hydrogen) atoms. The van der Waals surface area contributed by atoms with Crippen LogP contribution in [0.2, 0.25) is 0 Å². The van der Waals surface area contributed by atoms with Crippen LogP contribution in [0, 0.1) is 18.8 Å². The van der Waals surface area contributed by atoms with Crippen molar-refractivity contribution in [3.8, 4) is 22.5 Å². The standard InChI is InChI=1S/C37H45N9O4/c1-22-31(18-19-33(40-22)35(48)41-28-12-16-30(47)17-13-28)25-6-2-23(3-7-25)20-32(39)37(50)46(36(49)27-8-4-24(21-38)5-9-27)29-14-10-26(11-15-29)34-42-44-45-43-34/h2-3,6-7,10-11,14-15,18-19,24,27-28,30,32,47H,4-5,8-9,12-13,16-17,20-21,38-39H2,1H3,(H,41,48)(H,42,43,44,45)/t24?,27?,28?,30?,32-/m0/s1. The molecule has 7 N–H and O–H groups in total. The van der Waals surface area contributed by atoms with Gasteiger partial charge in [-0.25, -0.2) is 9.88 Å². The molecule has 13 heteroatoms. The van der Waals surface area contributed by atoms with E-state index in [1.54, 1.807) is 30.3 Å². The quantitative estimate of drug-likeness (QED) is 0.165. The highest BCUT2D eigenvalue weighted by Crippen LogP contribution is 2.32. The van der Waals surface area contributed by atoms with E-state index in [1.807, 2.05) is 37.3 Å². The maximum atomic E-state index is 14.0. The molecule has 2 aromatic carbocycles. The summed E-state index contributed by atoms with van der Waals surface area (Å²) in [7, 11) is 0. The molecule has 4 aromatic rings. The Hall–Kier alpha value is -4.85. The van der Waals surface area contributed by atoms with Crippen LogP contribution in [0.15, 0.2) is 60.7 Å². The van der Waals surface area contributed by atoms with Crippen molar-refractivity contribution in [3.63, 3.8) is 0 Å². The number of anilines is 1. The van der Waals surface area contributed by atoms with Crippen molar-refractivity contribution in [2.45, 2.75) is 82.9 Å². The number of tetrazole rings is 1. The van der Waals surface area contributed by atoms with E-state index in [-0.39, 0.29) is 36.3 Å². The Kier molecular flexibility index (Phi) is 11.1. The van der Waals surface area contributed by atoms with Crippen LogP contribution < -0.4 is 21.7 Å². The monoisotopic (exact) mass is 679 g/mol. The topological polar surface area (TPSA) is 206 Å². The lowest BCUT2D eigenvalue weighted by molar-refractivity contribution is -0.130. The van der Waals surface area contributed by atoms with E-state index < -0.39 is 11.9 Å². The van der Waals surface area contributed by atoms with Crippen LogP contribution in [0.25, 0.3) is 22.5 Å². The fourth-order valence-electron chi connectivity index (χ4n) is 7.03. The average molecular weight is 680 g/mol. The van der Waals surface area contributed by atoms with Crippen molar-refractivity contribution in [3.05, 3.63) is 77.6 Å². The number of imide groups is 1. The molecule has 2 heterocycles. The predicted octanol–water partition coefficient (Wildman–Crippen LogP) is 3.47. The number of carbonyl (C=O) groups is 3. The molecule has 1 atom stereocenters. The molecular weight excluding hydrogens is 634 g/mol. The third kappa shape index (κ3) is 8.12. The van der Waals surface area contributed by atoms with Crippen LogP contribution in [0.1, 0.15) is 73.1 Å². The zero-order valence-corrected chi connectivity index (χ0v) is 28.3. The summed E-state index contributed by atoms with van der Waals surface area (Å²) in [4.78, 5) is 46.6. The summed E-state index contributed by atoms with van der Waals surface area (Å²) in [5, 5.41) is 26.8. The number of carbonyl (C=O) groups excluding carboxylic acids is 3. The van der Waals surface area contributed by atoms with E-state index in [2.05, 4.69) is 30.9 Å². The van der Waals surface area contributed by atoms with Gasteiger partial charge in [0.05, 0.1) is 17.8 Å². The number of aromatic amines is 1. The van der Waals surface area contributed by atoms with E-state index in [1.165, 1.54) is 4.90 Å². The number of nitrogens with zero attached hydrogens (tertiary/aromatic N) is 5. The van der Waals surface area contributed by atoms with Crippen LogP contribution in [-0.4, -0.2) is 73.2 Å². The maximum absolute atomic E-state index is 14.0. The van der Waals surface area contributed by atoms with Gasteiger partial charge in [-0.3, -0.25) is 14.4 Å². The zero-order chi connectivity index (χ0) is 35.2. The number of nitrogens with two attached hydrogens (primary N) is 2. The second-order valence-electron chi connectivity index (χ2n) is 13.6. The van der Waals surface area contributed by atoms with E-state index >= 15 is 0 Å². The highest BCUT2D eigenvalue weighted by Gasteiger charge is 2.35. The molecule has 2 aliphatic rings. The van der Waals surface area contributed by atoms with Gasteiger partial charge in [-0.15, -0.1) is 10.2 Å². The molecule has 2 saturated carbocycles. The van der Waals surface area contributed by atoms with Crippen LogP contribution in [0.4, 0.5) is 5.69 Å². The molecule has 262 valence electrons. The number of amides is 3. The fourth-order valence-corrected chi connectivity index (χ4v) is 7.03. The number of aryl methyl sites for hydroxylation is 1. The lowest BCUT2D eigenvalue weighted by Crippen LogP contribution is -2.50. The first-order valence-electron chi connectivity index (χ1n) is 17.4. The Labute approximate surface area is 291 Å². The van der Waals surface area contributed by atoms with Gasteiger partial charge in [0.25, 0.3) is 11.8 Å². The molecule has 13 nitrogen and oxygen atoms in total. The first-order chi connectivity index (χ1) is 24.2. The Balaban J connectivity index is 1.14. The zero-order valence-electron chi connectivity index (χ0n) is 28.3. The van der Waals surface area contributed by atoms with E-state index in [0.717, 1.165) is 48.1 Å². The smallest absolute Gasteiger partial charge is 0.270 e. The van der Waals surface area contributed by atoms with Gasteiger partial charge in [0.1, 0.15) is 5.69 Å². The SMILES string of the molecule is Cc1nc(C(=O)NC2CCC(O)CC2)ccc1-c1ccc(C[C@H](N)C(=O)N(C(=O)C2CCC(CN)CC2)c2ccc(-c3nn[nH]n3)cc2)cc1. The molecule has 2 aromatic heterocycles. The predicted molar refractivity (Wildman–Crippen MR) is 188 cm³/mol. The number of aromatic nitrogens is 5. The van der Waals surface area contributed by atoms with Gasteiger partial charge in [-0.1, -0.05) is 30.3 Å². The third-order valence-electron chi connectivity index (χ3n) is 10.1. The molecule has 6 rings (SSSR count). The van der Waals surface area contributed by atoms with Gasteiger partial charge in [0, 0.05) is 28.8 Å². The van der Waals surface area contributed by atoms with E-state index in [4.69, 9.17) is 11.5 Å². The first kappa shape index (κ1) is 35.0. The number of benzene rings is 2. The van der Waals surface area contributed by atoms with Gasteiger partial charge in [0.2, 0.25) is 11.7 Å². The van der Waals surface area contributed by atoms with Gasteiger partial charge in [0.15, 0.2) is 0 Å². The number of aliphatic hydroxyl groups is 1. The minimum atomic E-state index is -0.962. The summed E-state index contributed by atoms with van der Waals surface area (Å²) >= 11 is 0. The minimum absolute atomic E-state index is 0.0448. The van der Waals surface area contributed by atoms with Crippen LogP contribution >= 0.6 is 0 Å². The number of nitrogens with one attached hydrogen (secondary N) is 2. The van der Waals surface area contributed by atoms with Crippen molar-refractivity contribution >= 4 is 23.4 Å². The number of H-pyrrole nitrogens is 1. The summed E-state index contributed by atoms with van der Waals surface area (Å²) in [6.45, 7) is 2.46. The lowest BCUT2D eigenvalue weighted by Gasteiger charge is -2.32. The van der Waals surface area contributed by atoms with Gasteiger partial charge >= 0.3 is 0 Å². The second kappa shape index (κ2) is 15.8. The van der Waals surface area contributed by atoms with Crippen molar-refractivity contribution in [1.82, 2.24) is 30.9 Å². The highest BCUT2D eigenvalue weighted by molar-refractivity contribution is 6.17. The average Bonchev–Trinajstić information content (AvgIpc) is 3.69.